The minimum absolute atomic E-state index is 0.251. The number of rotatable bonds is 6. The fourth-order valence-corrected chi connectivity index (χ4v) is 4.62. The van der Waals surface area contributed by atoms with Gasteiger partial charge in [0.05, 0.1) is 5.39 Å². The lowest BCUT2D eigenvalue weighted by Gasteiger charge is -2.11. The second-order valence-electron chi connectivity index (χ2n) is 6.32. The molecule has 0 aromatic carbocycles. The molecule has 0 unspecified atom stereocenters. The van der Waals surface area contributed by atoms with Crippen LogP contribution in [0.5, 0.6) is 0 Å². The maximum absolute atomic E-state index is 12.9. The van der Waals surface area contributed by atoms with Crippen molar-refractivity contribution in [3.8, 4) is 0 Å². The largest absolute Gasteiger partial charge is 0.385 e. The highest BCUT2D eigenvalue weighted by Gasteiger charge is 2.23. The Hall–Kier alpha value is -1.93. The molecule has 2 heterocycles. The standard InChI is InChI=1S/C17H23N3O4S/c1-19-16-14(11-6-3-4-7-12(11)25-16)15(22)20(17(19)23)10-13(21)18-8-5-9-24-2/h3-10H2,1-2H3,(H,18,21). The van der Waals surface area contributed by atoms with Crippen molar-refractivity contribution >= 4 is 27.5 Å². The van der Waals surface area contributed by atoms with E-state index in [0.29, 0.717) is 25.0 Å². The fraction of sp³-hybridized carbons (Fsp3) is 0.588. The molecule has 25 heavy (non-hydrogen) atoms. The molecular weight excluding hydrogens is 342 g/mol. The molecule has 0 radical (unpaired) electrons. The van der Waals surface area contributed by atoms with Gasteiger partial charge in [-0.2, -0.15) is 0 Å². The van der Waals surface area contributed by atoms with Crippen molar-refractivity contribution in [3.63, 3.8) is 0 Å². The number of carbonyl (C=O) groups is 1. The number of thiophene rings is 1. The third kappa shape index (κ3) is 3.41. The minimum atomic E-state index is -0.442. The van der Waals surface area contributed by atoms with Crippen LogP contribution in [0.3, 0.4) is 0 Å². The van der Waals surface area contributed by atoms with E-state index in [2.05, 4.69) is 5.32 Å². The van der Waals surface area contributed by atoms with Gasteiger partial charge in [0.1, 0.15) is 11.4 Å². The Bertz CT molecular complexity index is 909. The predicted octanol–water partition coefficient (Wildman–Crippen LogP) is 0.793. The van der Waals surface area contributed by atoms with E-state index in [1.807, 2.05) is 0 Å². The van der Waals surface area contributed by atoms with E-state index in [0.717, 1.165) is 40.6 Å². The molecule has 1 aliphatic rings. The molecule has 1 amide bonds. The van der Waals surface area contributed by atoms with E-state index in [1.165, 1.54) is 20.8 Å². The Morgan fingerprint density at radius 3 is 2.80 bits per heavy atom. The Balaban J connectivity index is 1.94. The summed E-state index contributed by atoms with van der Waals surface area (Å²) in [6.45, 7) is 0.756. The maximum atomic E-state index is 12.9. The zero-order valence-corrected chi connectivity index (χ0v) is 15.4. The number of amides is 1. The number of aromatic nitrogens is 2. The average Bonchev–Trinajstić information content (AvgIpc) is 3.00. The van der Waals surface area contributed by atoms with Gasteiger partial charge in [0.2, 0.25) is 5.91 Å². The van der Waals surface area contributed by atoms with Crippen LogP contribution in [0.15, 0.2) is 9.59 Å². The lowest BCUT2D eigenvalue weighted by Crippen LogP contribution is -2.43. The number of hydrogen-bond donors (Lipinski definition) is 1. The van der Waals surface area contributed by atoms with Crippen LogP contribution in [-0.2, 0) is 36.0 Å². The molecule has 7 nitrogen and oxygen atoms in total. The summed E-state index contributed by atoms with van der Waals surface area (Å²) in [4.78, 5) is 39.5. The molecule has 2 aromatic rings. The average molecular weight is 365 g/mol. The lowest BCUT2D eigenvalue weighted by molar-refractivity contribution is -0.121. The molecule has 3 rings (SSSR count). The van der Waals surface area contributed by atoms with Crippen molar-refractivity contribution in [3.05, 3.63) is 31.3 Å². The maximum Gasteiger partial charge on any atom is 0.332 e. The molecule has 0 aliphatic heterocycles. The van der Waals surface area contributed by atoms with E-state index in [1.54, 1.807) is 14.2 Å². The molecule has 0 saturated carbocycles. The quantitative estimate of drug-likeness (QED) is 0.768. The number of hydrogen-bond acceptors (Lipinski definition) is 5. The molecular formula is C17H23N3O4S. The van der Waals surface area contributed by atoms with Crippen molar-refractivity contribution in [1.82, 2.24) is 14.5 Å². The summed E-state index contributed by atoms with van der Waals surface area (Å²) in [5, 5.41) is 3.34. The van der Waals surface area contributed by atoms with Crippen molar-refractivity contribution < 1.29 is 9.53 Å². The van der Waals surface area contributed by atoms with E-state index in [-0.39, 0.29) is 18.0 Å². The molecule has 2 aromatic heterocycles. The number of aryl methyl sites for hydroxylation is 3. The number of methoxy groups -OCH3 is 1. The number of nitrogens with one attached hydrogen (secondary N) is 1. The van der Waals surface area contributed by atoms with Gasteiger partial charge >= 0.3 is 5.69 Å². The first-order valence-corrected chi connectivity index (χ1v) is 9.36. The van der Waals surface area contributed by atoms with Gasteiger partial charge in [0.25, 0.3) is 5.56 Å². The molecule has 0 saturated heterocycles. The van der Waals surface area contributed by atoms with Crippen LogP contribution in [0, 0.1) is 0 Å². The smallest absolute Gasteiger partial charge is 0.332 e. The minimum Gasteiger partial charge on any atom is -0.385 e. The number of nitrogens with zero attached hydrogens (tertiary/aromatic N) is 2. The van der Waals surface area contributed by atoms with Crippen LogP contribution in [-0.4, -0.2) is 35.3 Å². The highest BCUT2D eigenvalue weighted by atomic mass is 32.1. The van der Waals surface area contributed by atoms with E-state index >= 15 is 0 Å². The van der Waals surface area contributed by atoms with Crippen LogP contribution < -0.4 is 16.6 Å². The van der Waals surface area contributed by atoms with Crippen LogP contribution >= 0.6 is 11.3 Å². The zero-order valence-electron chi connectivity index (χ0n) is 14.6. The molecule has 0 fully saturated rings. The van der Waals surface area contributed by atoms with Gasteiger partial charge < -0.3 is 10.1 Å². The van der Waals surface area contributed by atoms with E-state index in [4.69, 9.17) is 4.74 Å². The van der Waals surface area contributed by atoms with Crippen molar-refractivity contribution in [1.29, 1.82) is 0 Å². The molecule has 0 bridgehead atoms. The second kappa shape index (κ2) is 7.53. The molecule has 8 heteroatoms. The summed E-state index contributed by atoms with van der Waals surface area (Å²) in [7, 11) is 3.26. The normalized spacial score (nSPS) is 13.8. The number of fused-ring (bicyclic) bond motifs is 3. The lowest BCUT2D eigenvalue weighted by atomic mass is 9.97. The monoisotopic (exact) mass is 365 g/mol. The second-order valence-corrected chi connectivity index (χ2v) is 7.40. The highest BCUT2D eigenvalue weighted by molar-refractivity contribution is 7.18. The highest BCUT2D eigenvalue weighted by Crippen LogP contribution is 2.33. The first-order chi connectivity index (χ1) is 12.0. The third-order valence-electron chi connectivity index (χ3n) is 4.58. The Kier molecular flexibility index (Phi) is 5.39. The molecule has 1 N–H and O–H groups in total. The number of carbonyl (C=O) groups excluding carboxylic acids is 1. The van der Waals surface area contributed by atoms with Gasteiger partial charge in [-0.25, -0.2) is 4.79 Å². The van der Waals surface area contributed by atoms with Crippen molar-refractivity contribution in [2.45, 2.75) is 38.6 Å². The summed E-state index contributed by atoms with van der Waals surface area (Å²) in [6, 6.07) is 0. The van der Waals surface area contributed by atoms with Gasteiger partial charge in [0.15, 0.2) is 0 Å². The Morgan fingerprint density at radius 2 is 2.04 bits per heavy atom. The van der Waals surface area contributed by atoms with Gasteiger partial charge in [-0.1, -0.05) is 0 Å². The summed E-state index contributed by atoms with van der Waals surface area (Å²) in [5.74, 6) is -0.334. The summed E-state index contributed by atoms with van der Waals surface area (Å²) < 4.78 is 7.48. The zero-order chi connectivity index (χ0) is 18.0. The summed E-state index contributed by atoms with van der Waals surface area (Å²) in [6.07, 6.45) is 4.69. The number of ether oxygens (including phenoxy) is 1. The van der Waals surface area contributed by atoms with Crippen LogP contribution in [0.1, 0.15) is 29.7 Å². The molecule has 1 aliphatic carbocycles. The van der Waals surface area contributed by atoms with Crippen LogP contribution in [0.25, 0.3) is 10.2 Å². The van der Waals surface area contributed by atoms with Gasteiger partial charge in [-0.15, -0.1) is 11.3 Å². The first kappa shape index (κ1) is 17.9. The van der Waals surface area contributed by atoms with Gasteiger partial charge in [0, 0.05) is 32.2 Å². The third-order valence-corrected chi connectivity index (χ3v) is 5.95. The topological polar surface area (TPSA) is 82.3 Å². The van der Waals surface area contributed by atoms with Crippen molar-refractivity contribution in [2.24, 2.45) is 7.05 Å². The Labute approximate surface area is 149 Å². The van der Waals surface area contributed by atoms with Crippen molar-refractivity contribution in [2.75, 3.05) is 20.3 Å². The fourth-order valence-electron chi connectivity index (χ4n) is 3.28. The van der Waals surface area contributed by atoms with Gasteiger partial charge in [-0.3, -0.25) is 18.7 Å². The Morgan fingerprint density at radius 1 is 1.28 bits per heavy atom. The predicted molar refractivity (Wildman–Crippen MR) is 97.5 cm³/mol. The van der Waals surface area contributed by atoms with E-state index in [9.17, 15) is 14.4 Å². The summed E-state index contributed by atoms with van der Waals surface area (Å²) >= 11 is 1.54. The SMILES string of the molecule is COCCCNC(=O)Cn1c(=O)c2c3c(sc2n(C)c1=O)CCCC3. The first-order valence-electron chi connectivity index (χ1n) is 8.54. The van der Waals surface area contributed by atoms with Gasteiger partial charge in [-0.05, 0) is 37.7 Å². The molecule has 0 spiro atoms. The van der Waals surface area contributed by atoms with E-state index < -0.39 is 5.69 Å². The molecule has 136 valence electrons. The van der Waals surface area contributed by atoms with Crippen LogP contribution in [0.2, 0.25) is 0 Å². The van der Waals surface area contributed by atoms with Crippen LogP contribution in [0.4, 0.5) is 0 Å². The molecule has 0 atom stereocenters. The summed E-state index contributed by atoms with van der Waals surface area (Å²) in [5.41, 5.74) is 0.286.